The van der Waals surface area contributed by atoms with Gasteiger partial charge < -0.3 is 30.1 Å². The maximum absolute atomic E-state index is 13.2. The molecule has 1 aliphatic carbocycles. The molecule has 16 heteroatoms. The number of imide groups is 1. The van der Waals surface area contributed by atoms with E-state index >= 15 is 0 Å². The Kier molecular flexibility index (Phi) is 25.5. The second-order valence-electron chi connectivity index (χ2n) is 15.4. The smallest absolute Gasteiger partial charge is 0.328 e. The molecule has 3 aliphatic rings. The Morgan fingerprint density at radius 3 is 1.53 bits per heavy atom. The van der Waals surface area contributed by atoms with Gasteiger partial charge in [-0.3, -0.25) is 24.2 Å². The van der Waals surface area contributed by atoms with Crippen LogP contribution in [0.5, 0.6) is 0 Å². The zero-order chi connectivity index (χ0) is 44.1. The molecule has 1 aromatic heterocycles. The van der Waals surface area contributed by atoms with Crippen LogP contribution in [0.2, 0.25) is 0 Å². The summed E-state index contributed by atoms with van der Waals surface area (Å²) in [5, 5.41) is 31.2. The average Bonchev–Trinajstić information content (AvgIpc) is 3.46. The van der Waals surface area contributed by atoms with Crippen LogP contribution >= 0.6 is 0 Å². The van der Waals surface area contributed by atoms with Crippen molar-refractivity contribution in [2.45, 2.75) is 129 Å². The van der Waals surface area contributed by atoms with Crippen molar-refractivity contribution in [1.82, 2.24) is 14.8 Å². The van der Waals surface area contributed by atoms with Gasteiger partial charge in [-0.2, -0.15) is 0 Å². The number of aliphatic carboxylic acids is 4. The van der Waals surface area contributed by atoms with E-state index in [1.54, 1.807) is 0 Å². The monoisotopic (exact) mass is 842 g/mol. The number of fused-ring (bicyclic) bond motifs is 1. The summed E-state index contributed by atoms with van der Waals surface area (Å²) in [5.74, 6) is -4.74. The lowest BCUT2D eigenvalue weighted by atomic mass is 9.81. The molecule has 2 saturated heterocycles. The molecule has 3 heterocycles. The first-order valence-corrected chi connectivity index (χ1v) is 21.5. The molecule has 2 aliphatic heterocycles. The highest BCUT2D eigenvalue weighted by Crippen LogP contribution is 2.38. The number of carbonyl (C=O) groups excluding carboxylic acids is 3. The number of hydrogen-bond donors (Lipinski definition) is 4. The maximum atomic E-state index is 13.2. The van der Waals surface area contributed by atoms with Gasteiger partial charge in [0.15, 0.2) is 0 Å². The second kappa shape index (κ2) is 30.0. The van der Waals surface area contributed by atoms with Crippen molar-refractivity contribution in [3.8, 4) is 0 Å². The molecule has 3 fully saturated rings. The Balaban J connectivity index is 0.000000652. The maximum Gasteiger partial charge on any atom is 0.328 e. The van der Waals surface area contributed by atoms with Crippen LogP contribution < -0.4 is 4.90 Å². The van der Waals surface area contributed by atoms with Gasteiger partial charge in [-0.05, 0) is 31.4 Å². The van der Waals surface area contributed by atoms with Crippen molar-refractivity contribution in [3.05, 3.63) is 48.7 Å². The highest BCUT2D eigenvalue weighted by atomic mass is 16.5. The van der Waals surface area contributed by atoms with Gasteiger partial charge in [0.25, 0.3) is 0 Å². The molecule has 4 rings (SSSR count). The van der Waals surface area contributed by atoms with Gasteiger partial charge >= 0.3 is 29.8 Å². The van der Waals surface area contributed by atoms with Gasteiger partial charge in [-0.15, -0.1) is 0 Å². The quantitative estimate of drug-likeness (QED) is 0.0393. The molecule has 4 N–H and O–H groups in total. The molecule has 3 atom stereocenters. The van der Waals surface area contributed by atoms with Crippen molar-refractivity contribution < 1.29 is 58.7 Å². The predicted molar refractivity (Wildman–Crippen MR) is 224 cm³/mol. The number of esters is 1. The largest absolute Gasteiger partial charge is 0.478 e. The molecule has 0 radical (unpaired) electrons. The Morgan fingerprint density at radius 2 is 1.12 bits per heavy atom. The molecular formula is C44H66N4O12. The predicted octanol–water partition coefficient (Wildman–Crippen LogP) is 6.20. The molecule has 2 amide bonds. The zero-order valence-electron chi connectivity index (χ0n) is 35.2. The molecule has 0 spiro atoms. The molecule has 1 aromatic rings. The van der Waals surface area contributed by atoms with E-state index in [2.05, 4.69) is 21.7 Å². The van der Waals surface area contributed by atoms with E-state index in [0.717, 1.165) is 76.9 Å². The number of pyridine rings is 1. The Morgan fingerprint density at radius 1 is 0.667 bits per heavy atom. The minimum absolute atomic E-state index is 0.0581. The fourth-order valence-corrected chi connectivity index (χ4v) is 7.55. The lowest BCUT2D eigenvalue weighted by Crippen LogP contribution is -2.51. The summed E-state index contributed by atoms with van der Waals surface area (Å²) in [7, 11) is 0. The molecule has 1 unspecified atom stereocenters. The van der Waals surface area contributed by atoms with Gasteiger partial charge in [0.2, 0.25) is 11.8 Å². The third-order valence-corrected chi connectivity index (χ3v) is 10.6. The first kappa shape index (κ1) is 51.0. The third-order valence-electron chi connectivity index (χ3n) is 10.6. The van der Waals surface area contributed by atoms with Crippen LogP contribution in [0, 0.1) is 11.8 Å². The standard InChI is InChI=1S/C36H58N4O4.2C4H4O4/c1-2-3-4-5-6-7-8-9-10-11-12-13-14-22-34(41)44-30(29-40-35(42)31-19-15-16-20-32(31)36(40)43)28-38-24-26-39(27-25-38)33-21-17-18-23-37-33;2*5-3(6)1-2-4(7)8/h17-18,21,23,30-32H,2-16,19-20,22,24-29H2,1H3;2*1-2H,(H,5,6)(H,7,8)/b;2*2-1-/t30?,31-,32+;;. The lowest BCUT2D eigenvalue weighted by molar-refractivity contribution is -0.155. The first-order chi connectivity index (χ1) is 28.8. The Bertz CT molecular complexity index is 1450. The normalized spacial score (nSPS) is 18.3. The van der Waals surface area contributed by atoms with Crippen molar-refractivity contribution in [1.29, 1.82) is 0 Å². The van der Waals surface area contributed by atoms with E-state index in [0.29, 0.717) is 37.3 Å². The number of ether oxygens (including phenoxy) is 1. The van der Waals surface area contributed by atoms with Crippen LogP contribution in [0.4, 0.5) is 5.82 Å². The number of carboxylic acid groups (broad SMARTS) is 4. The lowest BCUT2D eigenvalue weighted by Gasteiger charge is -2.37. The van der Waals surface area contributed by atoms with Crippen LogP contribution in [-0.4, -0.2) is 122 Å². The summed E-state index contributed by atoms with van der Waals surface area (Å²) in [5.41, 5.74) is 0. The number of piperazine rings is 1. The topological polar surface area (TPSA) is 232 Å². The van der Waals surface area contributed by atoms with Gasteiger partial charge in [-0.1, -0.05) is 103 Å². The number of carboxylic acids is 4. The molecule has 16 nitrogen and oxygen atoms in total. The van der Waals surface area contributed by atoms with Gasteiger partial charge in [-0.25, -0.2) is 24.2 Å². The Hall–Kier alpha value is -5.12. The SMILES string of the molecule is CCCCCCCCCCCCCCCC(=O)OC(CN1CCN(c2ccccn2)CC1)CN1C(=O)[C@H]2CCCC[C@H]2C1=O.O=C(O)/C=C\C(=O)O.O=C(O)/C=C\C(=O)O. The number of aromatic nitrogens is 1. The molecule has 60 heavy (non-hydrogen) atoms. The van der Waals surface area contributed by atoms with Crippen molar-refractivity contribution >= 4 is 47.5 Å². The van der Waals surface area contributed by atoms with Crippen LogP contribution in [0.25, 0.3) is 0 Å². The van der Waals surface area contributed by atoms with E-state index < -0.39 is 30.0 Å². The van der Waals surface area contributed by atoms with Crippen LogP contribution in [-0.2, 0) is 38.3 Å². The Labute approximate surface area is 353 Å². The summed E-state index contributed by atoms with van der Waals surface area (Å²) in [6.07, 6.45) is 24.0. The minimum atomic E-state index is -1.26. The van der Waals surface area contributed by atoms with E-state index in [1.165, 1.54) is 69.1 Å². The van der Waals surface area contributed by atoms with E-state index in [9.17, 15) is 33.6 Å². The highest BCUT2D eigenvalue weighted by molar-refractivity contribution is 6.05. The molecule has 334 valence electrons. The summed E-state index contributed by atoms with van der Waals surface area (Å²) in [4.78, 5) is 88.1. The number of hydrogen-bond acceptors (Lipinski definition) is 11. The van der Waals surface area contributed by atoms with Crippen molar-refractivity contribution in [2.24, 2.45) is 11.8 Å². The summed E-state index contributed by atoms with van der Waals surface area (Å²) in [6.45, 7) is 6.28. The molecule has 0 bridgehead atoms. The van der Waals surface area contributed by atoms with Gasteiger partial charge in [0.1, 0.15) is 11.9 Å². The average molecular weight is 843 g/mol. The number of nitrogens with zero attached hydrogens (tertiary/aromatic N) is 4. The number of likely N-dealkylation sites (tertiary alicyclic amines) is 1. The number of unbranched alkanes of at least 4 members (excludes halogenated alkanes) is 12. The summed E-state index contributed by atoms with van der Waals surface area (Å²) < 4.78 is 6.03. The minimum Gasteiger partial charge on any atom is -0.478 e. The van der Waals surface area contributed by atoms with Crippen LogP contribution in [0.3, 0.4) is 0 Å². The van der Waals surface area contributed by atoms with E-state index in [4.69, 9.17) is 25.2 Å². The van der Waals surface area contributed by atoms with E-state index in [1.807, 2.05) is 24.4 Å². The van der Waals surface area contributed by atoms with Crippen LogP contribution in [0.1, 0.15) is 122 Å². The molecular weight excluding hydrogens is 777 g/mol. The van der Waals surface area contributed by atoms with Gasteiger partial charge in [0.05, 0.1) is 18.4 Å². The molecule has 0 aromatic carbocycles. The first-order valence-electron chi connectivity index (χ1n) is 21.5. The number of amides is 2. The van der Waals surface area contributed by atoms with Crippen LogP contribution in [0.15, 0.2) is 48.7 Å². The summed E-state index contributed by atoms with van der Waals surface area (Å²) >= 11 is 0. The van der Waals surface area contributed by atoms with Gasteiger partial charge in [0, 0.05) is 69.6 Å². The van der Waals surface area contributed by atoms with Crippen molar-refractivity contribution in [2.75, 3.05) is 44.2 Å². The summed E-state index contributed by atoms with van der Waals surface area (Å²) in [6, 6.07) is 5.96. The number of carbonyl (C=O) groups is 7. The fourth-order valence-electron chi connectivity index (χ4n) is 7.55. The highest BCUT2D eigenvalue weighted by Gasteiger charge is 2.48. The van der Waals surface area contributed by atoms with E-state index in [-0.39, 0.29) is 36.2 Å². The second-order valence-corrected chi connectivity index (χ2v) is 15.4. The number of anilines is 1. The fraction of sp³-hybridized carbons (Fsp3) is 0.636. The third kappa shape index (κ3) is 21.8. The van der Waals surface area contributed by atoms with Crippen molar-refractivity contribution in [3.63, 3.8) is 0 Å². The zero-order valence-corrected chi connectivity index (χ0v) is 35.2. The molecule has 1 saturated carbocycles. The number of rotatable bonds is 24.